The van der Waals surface area contributed by atoms with Crippen molar-refractivity contribution in [2.24, 2.45) is 0 Å². The molecule has 0 unspecified atom stereocenters. The number of nitriles is 1. The lowest BCUT2D eigenvalue weighted by molar-refractivity contribution is 0.373. The summed E-state index contributed by atoms with van der Waals surface area (Å²) in [6.07, 6.45) is 1.66. The second-order valence-electron chi connectivity index (χ2n) is 4.70. The number of para-hydroxylation sites is 2. The number of rotatable bonds is 3. The van der Waals surface area contributed by atoms with E-state index in [2.05, 4.69) is 16.0 Å². The second kappa shape index (κ2) is 5.62. The zero-order chi connectivity index (χ0) is 15.5. The third kappa shape index (κ3) is 2.50. The fourth-order valence-electron chi connectivity index (χ4n) is 2.20. The summed E-state index contributed by atoms with van der Waals surface area (Å²) in [6.45, 7) is 0. The Morgan fingerprint density at radius 2 is 2.14 bits per heavy atom. The molecule has 2 N–H and O–H groups in total. The van der Waals surface area contributed by atoms with E-state index >= 15 is 0 Å². The largest absolute Gasteiger partial charge is 0.504 e. The monoisotopic (exact) mass is 291 g/mol. The maximum atomic E-state index is 9.80. The predicted octanol–water partition coefficient (Wildman–Crippen LogP) is 3.34. The molecule has 3 rings (SSSR count). The van der Waals surface area contributed by atoms with Crippen molar-refractivity contribution in [3.8, 4) is 17.6 Å². The van der Waals surface area contributed by atoms with Crippen LogP contribution in [-0.4, -0.2) is 22.2 Å². The van der Waals surface area contributed by atoms with Gasteiger partial charge in [-0.15, -0.1) is 0 Å². The first-order chi connectivity index (χ1) is 10.7. The fourth-order valence-corrected chi connectivity index (χ4v) is 2.20. The van der Waals surface area contributed by atoms with E-state index in [1.807, 2.05) is 24.3 Å². The quantitative estimate of drug-likeness (QED) is 0.725. The average Bonchev–Trinajstić information content (AvgIpc) is 2.96. The topological polar surface area (TPSA) is 81.9 Å². The number of allylic oxidation sites excluding steroid dienone is 1. The van der Waals surface area contributed by atoms with Gasteiger partial charge >= 0.3 is 0 Å². The van der Waals surface area contributed by atoms with E-state index in [0.29, 0.717) is 22.7 Å². The van der Waals surface area contributed by atoms with Gasteiger partial charge in [-0.3, -0.25) is 0 Å². The van der Waals surface area contributed by atoms with Gasteiger partial charge in [0.15, 0.2) is 11.5 Å². The van der Waals surface area contributed by atoms with Gasteiger partial charge in [0.1, 0.15) is 11.9 Å². The number of hydrogen-bond acceptors (Lipinski definition) is 4. The summed E-state index contributed by atoms with van der Waals surface area (Å²) >= 11 is 0. The normalized spacial score (nSPS) is 11.4. The molecule has 2 aromatic carbocycles. The van der Waals surface area contributed by atoms with Gasteiger partial charge in [-0.1, -0.05) is 18.2 Å². The van der Waals surface area contributed by atoms with Crippen LogP contribution in [0.4, 0.5) is 0 Å². The van der Waals surface area contributed by atoms with Gasteiger partial charge in [0.25, 0.3) is 0 Å². The zero-order valence-electron chi connectivity index (χ0n) is 11.9. The summed E-state index contributed by atoms with van der Waals surface area (Å²) in [6, 6.07) is 14.7. The first-order valence-electron chi connectivity index (χ1n) is 6.65. The number of H-pyrrole nitrogens is 1. The van der Waals surface area contributed by atoms with Crippen molar-refractivity contribution in [3.63, 3.8) is 0 Å². The minimum absolute atomic E-state index is 0.0261. The minimum Gasteiger partial charge on any atom is -0.504 e. The number of aromatic hydroxyl groups is 1. The highest BCUT2D eigenvalue weighted by Gasteiger charge is 2.08. The summed E-state index contributed by atoms with van der Waals surface area (Å²) in [7, 11) is 1.49. The van der Waals surface area contributed by atoms with Crippen LogP contribution in [0.15, 0.2) is 42.5 Å². The molecule has 1 aromatic heterocycles. The van der Waals surface area contributed by atoms with Crippen molar-refractivity contribution in [2.45, 2.75) is 0 Å². The van der Waals surface area contributed by atoms with Gasteiger partial charge in [-0.05, 0) is 35.9 Å². The maximum absolute atomic E-state index is 9.80. The molecular weight excluding hydrogens is 278 g/mol. The van der Waals surface area contributed by atoms with Crippen molar-refractivity contribution in [3.05, 3.63) is 53.9 Å². The average molecular weight is 291 g/mol. The summed E-state index contributed by atoms with van der Waals surface area (Å²) in [5, 5.41) is 19.2. The fraction of sp³-hybridized carbons (Fsp3) is 0.0588. The lowest BCUT2D eigenvalue weighted by Gasteiger charge is -2.03. The first kappa shape index (κ1) is 13.7. The number of methoxy groups -OCH3 is 1. The van der Waals surface area contributed by atoms with Crippen LogP contribution in [0.5, 0.6) is 11.5 Å². The van der Waals surface area contributed by atoms with Gasteiger partial charge in [0, 0.05) is 0 Å². The Balaban J connectivity index is 2.03. The Morgan fingerprint density at radius 1 is 1.32 bits per heavy atom. The highest BCUT2D eigenvalue weighted by atomic mass is 16.5. The number of imidazole rings is 1. The number of benzene rings is 2. The van der Waals surface area contributed by atoms with E-state index in [-0.39, 0.29) is 5.75 Å². The van der Waals surface area contributed by atoms with E-state index in [9.17, 15) is 10.4 Å². The van der Waals surface area contributed by atoms with E-state index in [1.165, 1.54) is 7.11 Å². The number of aromatic nitrogens is 2. The number of nitrogens with one attached hydrogen (secondary N) is 1. The van der Waals surface area contributed by atoms with Crippen molar-refractivity contribution in [1.29, 1.82) is 5.26 Å². The highest BCUT2D eigenvalue weighted by Crippen LogP contribution is 2.28. The number of nitrogens with zero attached hydrogens (tertiary/aromatic N) is 2. The van der Waals surface area contributed by atoms with Crippen LogP contribution in [0.3, 0.4) is 0 Å². The number of fused-ring (bicyclic) bond motifs is 1. The molecule has 0 aliphatic rings. The second-order valence-corrected chi connectivity index (χ2v) is 4.70. The molecule has 108 valence electrons. The minimum atomic E-state index is 0.0261. The third-order valence-corrected chi connectivity index (χ3v) is 3.28. The SMILES string of the molecule is COc1ccc(C=C(C#N)c2nc3ccccc3[nH]2)cc1O. The van der Waals surface area contributed by atoms with Crippen molar-refractivity contribution in [1.82, 2.24) is 9.97 Å². The molecule has 0 spiro atoms. The molecule has 0 saturated carbocycles. The van der Waals surface area contributed by atoms with E-state index in [1.54, 1.807) is 24.3 Å². The Labute approximate surface area is 127 Å². The Morgan fingerprint density at radius 3 is 2.82 bits per heavy atom. The first-order valence-corrected chi connectivity index (χ1v) is 6.65. The van der Waals surface area contributed by atoms with Gasteiger partial charge in [-0.25, -0.2) is 4.98 Å². The summed E-state index contributed by atoms with van der Waals surface area (Å²) in [4.78, 5) is 7.52. The molecule has 1 heterocycles. The van der Waals surface area contributed by atoms with Gasteiger partial charge < -0.3 is 14.8 Å². The van der Waals surface area contributed by atoms with Crippen LogP contribution in [-0.2, 0) is 0 Å². The molecule has 0 fully saturated rings. The molecule has 0 radical (unpaired) electrons. The molecule has 0 atom stereocenters. The molecule has 0 aliphatic carbocycles. The molecule has 22 heavy (non-hydrogen) atoms. The van der Waals surface area contributed by atoms with Crippen LogP contribution in [0.1, 0.15) is 11.4 Å². The summed E-state index contributed by atoms with van der Waals surface area (Å²) < 4.78 is 5.00. The third-order valence-electron chi connectivity index (χ3n) is 3.28. The maximum Gasteiger partial charge on any atom is 0.160 e. The van der Waals surface area contributed by atoms with Crippen LogP contribution < -0.4 is 4.74 Å². The van der Waals surface area contributed by atoms with E-state index < -0.39 is 0 Å². The number of phenols is 1. The number of phenolic OH excluding ortho intramolecular Hbond substituents is 1. The van der Waals surface area contributed by atoms with E-state index in [0.717, 1.165) is 11.0 Å². The lowest BCUT2D eigenvalue weighted by Crippen LogP contribution is -1.86. The highest BCUT2D eigenvalue weighted by molar-refractivity contribution is 5.90. The number of hydrogen-bond donors (Lipinski definition) is 2. The smallest absolute Gasteiger partial charge is 0.160 e. The van der Waals surface area contributed by atoms with Crippen molar-refractivity contribution < 1.29 is 9.84 Å². The molecule has 5 nitrogen and oxygen atoms in total. The Bertz CT molecular complexity index is 871. The van der Waals surface area contributed by atoms with Gasteiger partial charge in [-0.2, -0.15) is 5.26 Å². The van der Waals surface area contributed by atoms with Crippen LogP contribution in [0.2, 0.25) is 0 Å². The Kier molecular flexibility index (Phi) is 3.50. The van der Waals surface area contributed by atoms with Crippen LogP contribution in [0, 0.1) is 11.3 Å². The molecule has 0 bridgehead atoms. The van der Waals surface area contributed by atoms with Gasteiger partial charge in [0.05, 0.1) is 23.7 Å². The lowest BCUT2D eigenvalue weighted by atomic mass is 10.1. The predicted molar refractivity (Wildman–Crippen MR) is 84.2 cm³/mol. The zero-order valence-corrected chi connectivity index (χ0v) is 11.9. The van der Waals surface area contributed by atoms with Crippen molar-refractivity contribution >= 4 is 22.7 Å². The molecule has 5 heteroatoms. The molecule has 0 saturated heterocycles. The summed E-state index contributed by atoms with van der Waals surface area (Å²) in [5.41, 5.74) is 2.75. The van der Waals surface area contributed by atoms with Crippen molar-refractivity contribution in [2.75, 3.05) is 7.11 Å². The molecule has 0 aliphatic heterocycles. The molecule has 0 amide bonds. The number of aromatic amines is 1. The standard InChI is InChI=1S/C17H13N3O2/c1-22-16-7-6-11(9-15(16)21)8-12(10-18)17-19-13-4-2-3-5-14(13)20-17/h2-9,21H,1H3,(H,19,20). The Hall–Kier alpha value is -3.26. The van der Waals surface area contributed by atoms with Gasteiger partial charge in [0.2, 0.25) is 0 Å². The number of ether oxygens (including phenoxy) is 1. The van der Waals surface area contributed by atoms with Crippen LogP contribution >= 0.6 is 0 Å². The van der Waals surface area contributed by atoms with Crippen LogP contribution in [0.25, 0.3) is 22.7 Å². The molecular formula is C17H13N3O2. The molecule has 3 aromatic rings. The summed E-state index contributed by atoms with van der Waals surface area (Å²) in [5.74, 6) is 0.913. The van der Waals surface area contributed by atoms with E-state index in [4.69, 9.17) is 4.74 Å².